The molecule has 1 aliphatic heterocycles. The highest BCUT2D eigenvalue weighted by Gasteiger charge is 2.26. The maximum absolute atomic E-state index is 13.7. The minimum atomic E-state index is -0.316. The Hall–Kier alpha value is -2.99. The number of nitrogens with zero attached hydrogens (tertiary/aromatic N) is 3. The zero-order valence-electron chi connectivity index (χ0n) is 16.6. The quantitative estimate of drug-likeness (QED) is 0.633. The number of carbonyl (C=O) groups excluding carboxylic acids is 1. The summed E-state index contributed by atoms with van der Waals surface area (Å²) in [5, 5.41) is 12.2. The Morgan fingerprint density at radius 3 is 2.43 bits per heavy atom. The number of aryl methyl sites for hydroxylation is 1. The van der Waals surface area contributed by atoms with Gasteiger partial charge in [0.05, 0.1) is 5.69 Å². The average Bonchev–Trinajstić information content (AvgIpc) is 2.77. The third kappa shape index (κ3) is 4.60. The molecule has 0 aliphatic carbocycles. The number of hydrogen-bond donors (Lipinski definition) is 1. The third-order valence-electron chi connectivity index (χ3n) is 5.42. The van der Waals surface area contributed by atoms with E-state index in [1.807, 2.05) is 36.4 Å². The van der Waals surface area contributed by atoms with Crippen LogP contribution in [0.3, 0.4) is 0 Å². The van der Waals surface area contributed by atoms with Gasteiger partial charge in [-0.25, -0.2) is 4.39 Å². The van der Waals surface area contributed by atoms with Gasteiger partial charge in [0.15, 0.2) is 5.82 Å². The van der Waals surface area contributed by atoms with Crippen molar-refractivity contribution in [3.05, 3.63) is 71.0 Å². The highest BCUT2D eigenvalue weighted by atomic mass is 35.5. The molecule has 3 aromatic rings. The van der Waals surface area contributed by atoms with Crippen molar-refractivity contribution in [3.8, 4) is 11.3 Å². The van der Waals surface area contributed by atoms with Gasteiger partial charge in [-0.05, 0) is 61.7 Å². The minimum Gasteiger partial charge on any atom is -0.355 e. The second kappa shape index (κ2) is 8.79. The second-order valence-electron chi connectivity index (χ2n) is 7.50. The predicted octanol–water partition coefficient (Wildman–Crippen LogP) is 5.10. The van der Waals surface area contributed by atoms with Crippen molar-refractivity contribution >= 4 is 29.0 Å². The van der Waals surface area contributed by atoms with Gasteiger partial charge < -0.3 is 10.2 Å². The van der Waals surface area contributed by atoms with Crippen LogP contribution >= 0.6 is 11.6 Å². The lowest BCUT2D eigenvalue weighted by Gasteiger charge is -2.31. The van der Waals surface area contributed by atoms with Crippen molar-refractivity contribution in [3.63, 3.8) is 0 Å². The molecule has 0 saturated carbocycles. The third-order valence-corrected chi connectivity index (χ3v) is 5.67. The molecule has 1 saturated heterocycles. The number of rotatable bonds is 4. The average molecular weight is 425 g/mol. The molecule has 5 nitrogen and oxygen atoms in total. The lowest BCUT2D eigenvalue weighted by atomic mass is 9.95. The van der Waals surface area contributed by atoms with Gasteiger partial charge in [0.2, 0.25) is 5.91 Å². The Morgan fingerprint density at radius 2 is 1.80 bits per heavy atom. The van der Waals surface area contributed by atoms with Gasteiger partial charge in [0.25, 0.3) is 0 Å². The highest BCUT2D eigenvalue weighted by molar-refractivity contribution is 6.30. The smallest absolute Gasteiger partial charge is 0.227 e. The van der Waals surface area contributed by atoms with Crippen molar-refractivity contribution in [2.45, 2.75) is 19.8 Å². The van der Waals surface area contributed by atoms with E-state index in [0.717, 1.165) is 30.2 Å². The second-order valence-corrected chi connectivity index (χ2v) is 7.93. The molecule has 0 unspecified atom stereocenters. The molecule has 1 amide bonds. The molecular weight excluding hydrogens is 403 g/mol. The Morgan fingerprint density at radius 1 is 1.07 bits per heavy atom. The zero-order valence-corrected chi connectivity index (χ0v) is 17.4. The van der Waals surface area contributed by atoms with Gasteiger partial charge in [-0.3, -0.25) is 4.79 Å². The van der Waals surface area contributed by atoms with E-state index in [-0.39, 0.29) is 17.6 Å². The molecule has 4 rings (SSSR count). The van der Waals surface area contributed by atoms with Crippen LogP contribution in [0.1, 0.15) is 18.4 Å². The first-order valence-corrected chi connectivity index (χ1v) is 10.3. The number of nitrogens with one attached hydrogen (secondary N) is 1. The Bertz CT molecular complexity index is 1030. The summed E-state index contributed by atoms with van der Waals surface area (Å²) in [5.74, 6) is 0.310. The number of carbonyl (C=O) groups is 1. The van der Waals surface area contributed by atoms with Gasteiger partial charge >= 0.3 is 0 Å². The Kier molecular flexibility index (Phi) is 5.95. The van der Waals surface area contributed by atoms with Crippen molar-refractivity contribution in [2.24, 2.45) is 5.92 Å². The van der Waals surface area contributed by atoms with E-state index < -0.39 is 0 Å². The van der Waals surface area contributed by atoms with E-state index in [2.05, 4.69) is 20.4 Å². The van der Waals surface area contributed by atoms with Crippen LogP contribution in [0, 0.1) is 18.7 Å². The van der Waals surface area contributed by atoms with E-state index in [4.69, 9.17) is 11.6 Å². The topological polar surface area (TPSA) is 58.1 Å². The molecule has 154 valence electrons. The van der Waals surface area contributed by atoms with Crippen LogP contribution in [0.4, 0.5) is 15.9 Å². The molecule has 0 spiro atoms. The van der Waals surface area contributed by atoms with Crippen molar-refractivity contribution in [1.82, 2.24) is 10.2 Å². The van der Waals surface area contributed by atoms with Gasteiger partial charge in [-0.2, -0.15) is 0 Å². The molecule has 7 heteroatoms. The fraction of sp³-hybridized carbons (Fsp3) is 0.261. The first-order chi connectivity index (χ1) is 14.5. The van der Waals surface area contributed by atoms with Gasteiger partial charge in [-0.1, -0.05) is 29.8 Å². The summed E-state index contributed by atoms with van der Waals surface area (Å²) < 4.78 is 13.7. The normalized spacial score (nSPS) is 14.6. The van der Waals surface area contributed by atoms with Crippen molar-refractivity contribution < 1.29 is 9.18 Å². The zero-order chi connectivity index (χ0) is 21.1. The maximum Gasteiger partial charge on any atom is 0.227 e. The van der Waals surface area contributed by atoms with Gasteiger partial charge in [-0.15, -0.1) is 10.2 Å². The van der Waals surface area contributed by atoms with Gasteiger partial charge in [0.1, 0.15) is 5.82 Å². The number of benzene rings is 2. The number of anilines is 2. The van der Waals surface area contributed by atoms with Gasteiger partial charge in [0, 0.05) is 35.3 Å². The van der Waals surface area contributed by atoms with E-state index >= 15 is 0 Å². The van der Waals surface area contributed by atoms with Crippen LogP contribution in [-0.2, 0) is 4.79 Å². The molecular formula is C23H22ClFN4O. The molecule has 0 bridgehead atoms. The summed E-state index contributed by atoms with van der Waals surface area (Å²) in [5.41, 5.74) is 2.80. The summed E-state index contributed by atoms with van der Waals surface area (Å²) >= 11 is 5.93. The van der Waals surface area contributed by atoms with Crippen LogP contribution in [0.5, 0.6) is 0 Å². The number of halogens is 2. The number of aromatic nitrogens is 2. The SMILES string of the molecule is Cc1ccc(NC(=O)C2CCN(c3ccc(-c4ccc(Cl)cc4)nn3)CC2)cc1F. The Balaban J connectivity index is 1.34. The summed E-state index contributed by atoms with van der Waals surface area (Å²) in [6.07, 6.45) is 1.42. The molecule has 1 fully saturated rings. The van der Waals surface area contributed by atoms with Crippen molar-refractivity contribution in [2.75, 3.05) is 23.3 Å². The molecule has 30 heavy (non-hydrogen) atoms. The summed E-state index contributed by atoms with van der Waals surface area (Å²) in [7, 11) is 0. The van der Waals surface area contributed by atoms with Crippen LogP contribution in [-0.4, -0.2) is 29.2 Å². The molecule has 0 radical (unpaired) electrons. The fourth-order valence-electron chi connectivity index (χ4n) is 3.55. The molecule has 0 atom stereocenters. The van der Waals surface area contributed by atoms with E-state index in [1.54, 1.807) is 19.1 Å². The standard InChI is InChI=1S/C23H22ClFN4O/c1-15-2-7-19(14-20(15)25)26-23(30)17-10-12-29(13-11-17)22-9-8-21(27-28-22)16-3-5-18(24)6-4-16/h2-9,14,17H,10-13H2,1H3,(H,26,30). The first kappa shape index (κ1) is 20.3. The monoisotopic (exact) mass is 424 g/mol. The van der Waals surface area contributed by atoms with Crippen LogP contribution < -0.4 is 10.2 Å². The van der Waals surface area contributed by atoms with E-state index in [0.29, 0.717) is 29.1 Å². The van der Waals surface area contributed by atoms with E-state index in [9.17, 15) is 9.18 Å². The molecule has 2 aromatic carbocycles. The largest absolute Gasteiger partial charge is 0.355 e. The first-order valence-electron chi connectivity index (χ1n) is 9.91. The summed E-state index contributed by atoms with van der Waals surface area (Å²) in [6.45, 7) is 3.13. The maximum atomic E-state index is 13.7. The lowest BCUT2D eigenvalue weighted by molar-refractivity contribution is -0.120. The fourth-order valence-corrected chi connectivity index (χ4v) is 3.68. The predicted molar refractivity (Wildman–Crippen MR) is 117 cm³/mol. The van der Waals surface area contributed by atoms with Crippen LogP contribution in [0.15, 0.2) is 54.6 Å². The molecule has 1 aromatic heterocycles. The minimum absolute atomic E-state index is 0.0675. The van der Waals surface area contributed by atoms with Crippen molar-refractivity contribution in [1.29, 1.82) is 0 Å². The van der Waals surface area contributed by atoms with Crippen LogP contribution in [0.2, 0.25) is 5.02 Å². The number of hydrogen-bond acceptors (Lipinski definition) is 4. The molecule has 1 aliphatic rings. The molecule has 1 N–H and O–H groups in total. The summed E-state index contributed by atoms with van der Waals surface area (Å²) in [6, 6.07) is 16.1. The Labute approximate surface area is 179 Å². The summed E-state index contributed by atoms with van der Waals surface area (Å²) in [4.78, 5) is 14.7. The highest BCUT2D eigenvalue weighted by Crippen LogP contribution is 2.25. The lowest BCUT2D eigenvalue weighted by Crippen LogP contribution is -2.38. The number of piperidine rings is 1. The molecule has 2 heterocycles. The van der Waals surface area contributed by atoms with Crippen LogP contribution in [0.25, 0.3) is 11.3 Å². The number of amides is 1. The van der Waals surface area contributed by atoms with E-state index in [1.165, 1.54) is 6.07 Å².